The summed E-state index contributed by atoms with van der Waals surface area (Å²) >= 11 is 1.38. The number of piperidine rings is 1. The minimum atomic E-state index is -0.231. The van der Waals surface area contributed by atoms with Crippen molar-refractivity contribution in [3.05, 3.63) is 54.1 Å². The number of urea groups is 1. The monoisotopic (exact) mass is 425 g/mol. The van der Waals surface area contributed by atoms with Crippen LogP contribution in [0, 0.1) is 5.92 Å². The van der Waals surface area contributed by atoms with Crippen molar-refractivity contribution in [2.45, 2.75) is 25.8 Å². The molecule has 0 radical (unpaired) electrons. The van der Waals surface area contributed by atoms with Crippen molar-refractivity contribution < 1.29 is 9.59 Å². The zero-order valence-electron chi connectivity index (χ0n) is 16.6. The predicted octanol–water partition coefficient (Wildman–Crippen LogP) is 2.85. The van der Waals surface area contributed by atoms with Crippen molar-refractivity contribution in [2.24, 2.45) is 5.92 Å². The highest BCUT2D eigenvalue weighted by atomic mass is 32.1. The third-order valence-corrected chi connectivity index (χ3v) is 5.85. The summed E-state index contributed by atoms with van der Waals surface area (Å²) in [5.74, 6) is -0.315. The van der Waals surface area contributed by atoms with Crippen LogP contribution in [0.1, 0.15) is 31.4 Å². The first kappa shape index (κ1) is 20.0. The fourth-order valence-corrected chi connectivity index (χ4v) is 4.02. The van der Waals surface area contributed by atoms with Gasteiger partial charge >= 0.3 is 6.03 Å². The number of anilines is 1. The maximum Gasteiger partial charge on any atom is 0.317 e. The lowest BCUT2D eigenvalue weighted by Gasteiger charge is -2.32. The molecule has 3 amide bonds. The van der Waals surface area contributed by atoms with E-state index in [1.165, 1.54) is 17.7 Å². The van der Waals surface area contributed by atoms with Gasteiger partial charge in [-0.1, -0.05) is 12.1 Å². The van der Waals surface area contributed by atoms with Crippen LogP contribution in [0.4, 0.5) is 9.93 Å². The number of rotatable bonds is 5. The van der Waals surface area contributed by atoms with Gasteiger partial charge in [0.15, 0.2) is 5.13 Å². The van der Waals surface area contributed by atoms with Gasteiger partial charge in [0.25, 0.3) is 0 Å². The Balaban J connectivity index is 1.33. The number of hydrogen-bond acceptors (Lipinski definition) is 6. The molecule has 4 rings (SSSR count). The molecule has 1 aliphatic heterocycles. The van der Waals surface area contributed by atoms with Crippen LogP contribution in [0.2, 0.25) is 0 Å². The smallest absolute Gasteiger partial charge is 0.317 e. The molecule has 2 aromatic heterocycles. The molecule has 0 bridgehead atoms. The molecule has 3 heterocycles. The molecule has 156 valence electrons. The maximum absolute atomic E-state index is 12.8. The number of carbonyl (C=O) groups excluding carboxylic acids is 2. The Morgan fingerprint density at radius 2 is 2.10 bits per heavy atom. The highest BCUT2D eigenvalue weighted by molar-refractivity contribution is 7.13. The van der Waals surface area contributed by atoms with Crippen molar-refractivity contribution in [2.75, 3.05) is 18.4 Å². The van der Waals surface area contributed by atoms with E-state index in [1.54, 1.807) is 22.1 Å². The molecule has 0 saturated carbocycles. The fraction of sp³-hybridized carbons (Fsp3) is 0.350. The Hall–Kier alpha value is -3.27. The summed E-state index contributed by atoms with van der Waals surface area (Å²) in [7, 11) is 0. The molecule has 2 N–H and O–H groups in total. The van der Waals surface area contributed by atoms with E-state index < -0.39 is 0 Å². The summed E-state index contributed by atoms with van der Waals surface area (Å²) in [4.78, 5) is 35.0. The quantitative estimate of drug-likeness (QED) is 0.654. The normalized spacial score (nSPS) is 17.4. The second-order valence-corrected chi connectivity index (χ2v) is 8.11. The van der Waals surface area contributed by atoms with Gasteiger partial charge in [-0.3, -0.25) is 4.79 Å². The van der Waals surface area contributed by atoms with Gasteiger partial charge < -0.3 is 15.5 Å². The number of nitrogens with one attached hydrogen (secondary N) is 2. The Bertz CT molecular complexity index is 973. The summed E-state index contributed by atoms with van der Waals surface area (Å²) in [6, 6.07) is 7.48. The number of carbonyl (C=O) groups is 2. The van der Waals surface area contributed by atoms with Gasteiger partial charge in [-0.15, -0.1) is 11.3 Å². The molecule has 1 saturated heterocycles. The van der Waals surface area contributed by atoms with E-state index in [-0.39, 0.29) is 23.9 Å². The SMILES string of the molecule is CC(NC(=O)N1CCCC(C(=O)Nc2nccs2)C1)c1ccc(-n2cncn2)cc1. The van der Waals surface area contributed by atoms with Crippen LogP contribution in [0.5, 0.6) is 0 Å². The molecule has 10 heteroatoms. The molecule has 0 spiro atoms. The van der Waals surface area contributed by atoms with E-state index in [0.717, 1.165) is 24.1 Å². The molecule has 0 aliphatic carbocycles. The second kappa shape index (κ2) is 9.04. The first-order valence-corrected chi connectivity index (χ1v) is 10.7. The summed E-state index contributed by atoms with van der Waals surface area (Å²) in [6.07, 6.45) is 6.34. The van der Waals surface area contributed by atoms with Crippen molar-refractivity contribution in [1.29, 1.82) is 0 Å². The minimum absolute atomic E-state index is 0.0841. The lowest BCUT2D eigenvalue weighted by Crippen LogP contribution is -2.48. The number of benzene rings is 1. The number of thiazole rings is 1. The third-order valence-electron chi connectivity index (χ3n) is 5.16. The van der Waals surface area contributed by atoms with Crippen LogP contribution in [0.3, 0.4) is 0 Å². The molecular formula is C20H23N7O2S. The van der Waals surface area contributed by atoms with Gasteiger partial charge in [-0.25, -0.2) is 19.4 Å². The van der Waals surface area contributed by atoms with E-state index in [1.807, 2.05) is 36.6 Å². The van der Waals surface area contributed by atoms with Gasteiger partial charge in [0.1, 0.15) is 12.7 Å². The van der Waals surface area contributed by atoms with Crippen molar-refractivity contribution in [3.63, 3.8) is 0 Å². The molecule has 1 aromatic carbocycles. The highest BCUT2D eigenvalue weighted by Gasteiger charge is 2.29. The summed E-state index contributed by atoms with van der Waals surface area (Å²) < 4.78 is 1.68. The van der Waals surface area contributed by atoms with Crippen LogP contribution in [0.15, 0.2) is 48.5 Å². The highest BCUT2D eigenvalue weighted by Crippen LogP contribution is 2.21. The topological polar surface area (TPSA) is 105 Å². The molecule has 1 aliphatic rings. The minimum Gasteiger partial charge on any atom is -0.331 e. The third kappa shape index (κ3) is 4.65. The second-order valence-electron chi connectivity index (χ2n) is 7.21. The van der Waals surface area contributed by atoms with E-state index in [2.05, 4.69) is 25.7 Å². The summed E-state index contributed by atoms with van der Waals surface area (Å²) in [5, 5.41) is 12.4. The van der Waals surface area contributed by atoms with Gasteiger partial charge in [0.2, 0.25) is 5.91 Å². The van der Waals surface area contributed by atoms with Crippen molar-refractivity contribution >= 4 is 28.4 Å². The van der Waals surface area contributed by atoms with Crippen LogP contribution in [-0.2, 0) is 4.79 Å². The number of likely N-dealkylation sites (tertiary alicyclic amines) is 1. The lowest BCUT2D eigenvalue weighted by molar-refractivity contribution is -0.121. The summed E-state index contributed by atoms with van der Waals surface area (Å²) in [6.45, 7) is 2.99. The number of nitrogens with zero attached hydrogens (tertiary/aromatic N) is 5. The number of hydrogen-bond donors (Lipinski definition) is 2. The van der Waals surface area contributed by atoms with E-state index in [9.17, 15) is 9.59 Å². The zero-order valence-corrected chi connectivity index (χ0v) is 17.4. The average Bonchev–Trinajstić information content (AvgIpc) is 3.48. The van der Waals surface area contributed by atoms with Crippen LogP contribution >= 0.6 is 11.3 Å². The summed E-state index contributed by atoms with van der Waals surface area (Å²) in [5.41, 5.74) is 1.89. The predicted molar refractivity (Wildman–Crippen MR) is 113 cm³/mol. The van der Waals surface area contributed by atoms with Gasteiger partial charge in [-0.2, -0.15) is 5.10 Å². The maximum atomic E-state index is 12.8. The Labute approximate surface area is 178 Å². The Morgan fingerprint density at radius 1 is 1.27 bits per heavy atom. The molecule has 30 heavy (non-hydrogen) atoms. The first-order chi connectivity index (χ1) is 14.6. The first-order valence-electron chi connectivity index (χ1n) is 9.81. The zero-order chi connectivity index (χ0) is 20.9. The lowest BCUT2D eigenvalue weighted by atomic mass is 9.97. The van der Waals surface area contributed by atoms with Crippen LogP contribution in [0.25, 0.3) is 5.69 Å². The Morgan fingerprint density at radius 3 is 2.80 bits per heavy atom. The molecule has 1 fully saturated rings. The van der Waals surface area contributed by atoms with E-state index in [4.69, 9.17) is 0 Å². The molecule has 2 unspecified atom stereocenters. The van der Waals surface area contributed by atoms with E-state index >= 15 is 0 Å². The van der Waals surface area contributed by atoms with Crippen molar-refractivity contribution in [3.8, 4) is 5.69 Å². The van der Waals surface area contributed by atoms with Gasteiger partial charge in [-0.05, 0) is 37.5 Å². The fourth-order valence-electron chi connectivity index (χ4n) is 3.49. The number of aromatic nitrogens is 4. The molecule has 3 aromatic rings. The standard InChI is InChI=1S/C20H23N7O2S/c1-14(15-4-6-17(7-5-15)27-13-21-12-23-27)24-20(29)26-9-2-3-16(11-26)18(28)25-19-22-8-10-30-19/h4-8,10,12-14,16H,2-3,9,11H2,1H3,(H,24,29)(H,22,25,28). The van der Waals surface area contributed by atoms with Crippen LogP contribution < -0.4 is 10.6 Å². The van der Waals surface area contributed by atoms with Crippen LogP contribution in [-0.4, -0.2) is 49.7 Å². The van der Waals surface area contributed by atoms with E-state index in [0.29, 0.717) is 18.2 Å². The van der Waals surface area contributed by atoms with Gasteiger partial charge in [0.05, 0.1) is 17.6 Å². The molecule has 2 atom stereocenters. The van der Waals surface area contributed by atoms with Crippen molar-refractivity contribution in [1.82, 2.24) is 30.0 Å². The van der Waals surface area contributed by atoms with Gasteiger partial charge in [0, 0.05) is 24.7 Å². The largest absolute Gasteiger partial charge is 0.331 e. The molecular weight excluding hydrogens is 402 g/mol. The Kier molecular flexibility index (Phi) is 6.03. The number of amides is 3. The average molecular weight is 426 g/mol. The molecule has 9 nitrogen and oxygen atoms in total.